The molecule has 0 aromatic rings. The summed E-state index contributed by atoms with van der Waals surface area (Å²) in [6.45, 7) is 4.78. The molecule has 1 aliphatic rings. The van der Waals surface area contributed by atoms with Gasteiger partial charge in [-0.25, -0.2) is 8.42 Å². The van der Waals surface area contributed by atoms with Crippen molar-refractivity contribution in [2.75, 3.05) is 25.4 Å². The minimum Gasteiger partial charge on any atom is -0.480 e. The van der Waals surface area contributed by atoms with Crippen molar-refractivity contribution in [3.8, 4) is 0 Å². The van der Waals surface area contributed by atoms with Crippen molar-refractivity contribution in [3.05, 3.63) is 0 Å². The van der Waals surface area contributed by atoms with Gasteiger partial charge in [-0.3, -0.25) is 4.79 Å². The van der Waals surface area contributed by atoms with Gasteiger partial charge in [-0.15, -0.1) is 0 Å². The highest BCUT2D eigenvalue weighted by Gasteiger charge is 2.41. The number of sulfone groups is 1. The van der Waals surface area contributed by atoms with E-state index in [9.17, 15) is 13.2 Å². The highest BCUT2D eigenvalue weighted by molar-refractivity contribution is 7.93. The SMILES string of the molecule is CC(C)(C(=O)O)S(=O)(=O)CCN1CCCCC1. The first-order chi connectivity index (χ1) is 7.77. The van der Waals surface area contributed by atoms with E-state index >= 15 is 0 Å². The van der Waals surface area contributed by atoms with E-state index in [2.05, 4.69) is 4.90 Å². The molecular formula is C11H21NO4S. The highest BCUT2D eigenvalue weighted by atomic mass is 32.2. The molecule has 0 amide bonds. The van der Waals surface area contributed by atoms with Gasteiger partial charge >= 0.3 is 5.97 Å². The number of piperidine rings is 1. The standard InChI is InChI=1S/C11H21NO4S/c1-11(2,10(13)14)17(15,16)9-8-12-6-4-3-5-7-12/h3-9H2,1-2H3,(H,13,14). The van der Waals surface area contributed by atoms with Gasteiger partial charge in [0.2, 0.25) is 0 Å². The van der Waals surface area contributed by atoms with Gasteiger partial charge in [-0.2, -0.15) is 0 Å². The Hall–Kier alpha value is -0.620. The lowest BCUT2D eigenvalue weighted by atomic mass is 10.1. The van der Waals surface area contributed by atoms with Crippen LogP contribution < -0.4 is 0 Å². The predicted octanol–water partition coefficient (Wildman–Crippen LogP) is 0.750. The number of carboxylic acids is 1. The van der Waals surface area contributed by atoms with Crippen LogP contribution in [0.1, 0.15) is 33.1 Å². The highest BCUT2D eigenvalue weighted by Crippen LogP contribution is 2.18. The molecule has 0 unspecified atom stereocenters. The molecule has 1 heterocycles. The number of hydrogen-bond donors (Lipinski definition) is 1. The van der Waals surface area contributed by atoms with Crippen LogP contribution in [0.25, 0.3) is 0 Å². The van der Waals surface area contributed by atoms with Crippen LogP contribution in [0.3, 0.4) is 0 Å². The van der Waals surface area contributed by atoms with Crippen molar-refractivity contribution in [1.82, 2.24) is 4.90 Å². The maximum Gasteiger partial charge on any atom is 0.324 e. The minimum atomic E-state index is -3.60. The molecule has 1 fully saturated rings. The van der Waals surface area contributed by atoms with Crippen LogP contribution in [0.15, 0.2) is 0 Å². The van der Waals surface area contributed by atoms with Gasteiger partial charge in [0.05, 0.1) is 5.75 Å². The third-order valence-electron chi connectivity index (χ3n) is 3.42. The first-order valence-electron chi connectivity index (χ1n) is 5.95. The van der Waals surface area contributed by atoms with Gasteiger partial charge in [-0.05, 0) is 39.8 Å². The maximum absolute atomic E-state index is 11.9. The Balaban J connectivity index is 2.58. The van der Waals surface area contributed by atoms with Crippen molar-refractivity contribution in [2.24, 2.45) is 0 Å². The second-order valence-electron chi connectivity index (χ2n) is 5.04. The first kappa shape index (κ1) is 14.4. The minimum absolute atomic E-state index is 0.0771. The van der Waals surface area contributed by atoms with E-state index in [1.54, 1.807) is 0 Å². The van der Waals surface area contributed by atoms with E-state index in [1.807, 2.05) is 0 Å². The lowest BCUT2D eigenvalue weighted by Crippen LogP contribution is -2.44. The van der Waals surface area contributed by atoms with E-state index in [0.717, 1.165) is 25.9 Å². The average molecular weight is 263 g/mol. The van der Waals surface area contributed by atoms with Crippen molar-refractivity contribution in [2.45, 2.75) is 37.9 Å². The largest absolute Gasteiger partial charge is 0.480 e. The quantitative estimate of drug-likeness (QED) is 0.792. The molecule has 1 aliphatic heterocycles. The molecule has 1 N–H and O–H groups in total. The third kappa shape index (κ3) is 3.42. The average Bonchev–Trinajstić information content (AvgIpc) is 2.27. The molecule has 1 saturated heterocycles. The van der Waals surface area contributed by atoms with Gasteiger partial charge in [-0.1, -0.05) is 6.42 Å². The summed E-state index contributed by atoms with van der Waals surface area (Å²) in [6, 6.07) is 0. The van der Waals surface area contributed by atoms with Crippen LogP contribution in [0.2, 0.25) is 0 Å². The number of hydrogen-bond acceptors (Lipinski definition) is 4. The van der Waals surface area contributed by atoms with Gasteiger partial charge in [0.1, 0.15) is 0 Å². The van der Waals surface area contributed by atoms with Gasteiger partial charge in [0.15, 0.2) is 14.6 Å². The molecule has 17 heavy (non-hydrogen) atoms. The van der Waals surface area contributed by atoms with Crippen LogP contribution in [0.4, 0.5) is 0 Å². The number of nitrogens with zero attached hydrogens (tertiary/aromatic N) is 1. The van der Waals surface area contributed by atoms with E-state index < -0.39 is 20.6 Å². The van der Waals surface area contributed by atoms with Crippen molar-refractivity contribution < 1.29 is 18.3 Å². The molecule has 6 heteroatoms. The summed E-state index contributed by atoms with van der Waals surface area (Å²) in [5, 5.41) is 8.92. The monoisotopic (exact) mass is 263 g/mol. The van der Waals surface area contributed by atoms with Crippen LogP contribution in [0.5, 0.6) is 0 Å². The van der Waals surface area contributed by atoms with Crippen LogP contribution >= 0.6 is 0 Å². The molecule has 0 bridgehead atoms. The Morgan fingerprint density at radius 3 is 2.24 bits per heavy atom. The van der Waals surface area contributed by atoms with Crippen LogP contribution in [-0.2, 0) is 14.6 Å². The topological polar surface area (TPSA) is 74.7 Å². The summed E-state index contributed by atoms with van der Waals surface area (Å²) >= 11 is 0. The number of rotatable bonds is 5. The molecule has 0 aromatic carbocycles. The smallest absolute Gasteiger partial charge is 0.324 e. The normalized spacial score (nSPS) is 19.2. The van der Waals surface area contributed by atoms with Gasteiger partial charge in [0.25, 0.3) is 0 Å². The molecule has 0 radical (unpaired) electrons. The second kappa shape index (κ2) is 5.35. The molecule has 5 nitrogen and oxygen atoms in total. The summed E-state index contributed by atoms with van der Waals surface area (Å²) in [4.78, 5) is 13.0. The van der Waals surface area contributed by atoms with Gasteiger partial charge < -0.3 is 10.0 Å². The Kier molecular flexibility index (Phi) is 4.55. The number of carboxylic acid groups (broad SMARTS) is 1. The Morgan fingerprint density at radius 2 is 1.76 bits per heavy atom. The Bertz CT molecular complexity index is 369. The number of aliphatic carboxylic acids is 1. The van der Waals surface area contributed by atoms with Crippen molar-refractivity contribution in [1.29, 1.82) is 0 Å². The fraction of sp³-hybridized carbons (Fsp3) is 0.909. The summed E-state index contributed by atoms with van der Waals surface area (Å²) in [5.74, 6) is -1.36. The summed E-state index contributed by atoms with van der Waals surface area (Å²) < 4.78 is 22.2. The molecule has 0 aliphatic carbocycles. The van der Waals surface area contributed by atoms with E-state index in [0.29, 0.717) is 6.54 Å². The Labute approximate surface area is 103 Å². The van der Waals surface area contributed by atoms with Crippen LogP contribution in [0, 0.1) is 0 Å². The molecule has 0 spiro atoms. The Morgan fingerprint density at radius 1 is 1.24 bits per heavy atom. The first-order valence-corrected chi connectivity index (χ1v) is 7.60. The van der Waals surface area contributed by atoms with Crippen molar-refractivity contribution in [3.63, 3.8) is 0 Å². The zero-order valence-electron chi connectivity index (χ0n) is 10.5. The lowest BCUT2D eigenvalue weighted by molar-refractivity contribution is -0.139. The number of carbonyl (C=O) groups is 1. The predicted molar refractivity (Wildman–Crippen MR) is 65.8 cm³/mol. The summed E-state index contributed by atoms with van der Waals surface area (Å²) in [7, 11) is -3.60. The molecule has 0 saturated carbocycles. The van der Waals surface area contributed by atoms with E-state index in [4.69, 9.17) is 5.11 Å². The molecule has 0 atom stereocenters. The third-order valence-corrected chi connectivity index (χ3v) is 5.87. The maximum atomic E-state index is 11.9. The van der Waals surface area contributed by atoms with E-state index in [1.165, 1.54) is 20.3 Å². The van der Waals surface area contributed by atoms with E-state index in [-0.39, 0.29) is 5.75 Å². The lowest BCUT2D eigenvalue weighted by Gasteiger charge is -2.27. The van der Waals surface area contributed by atoms with Crippen molar-refractivity contribution >= 4 is 15.8 Å². The summed E-state index contributed by atoms with van der Waals surface area (Å²) in [5.41, 5.74) is 0. The zero-order valence-corrected chi connectivity index (χ0v) is 11.3. The fourth-order valence-electron chi connectivity index (χ4n) is 1.82. The zero-order chi connectivity index (χ0) is 13.1. The molecular weight excluding hydrogens is 242 g/mol. The molecule has 1 rings (SSSR count). The second-order valence-corrected chi connectivity index (χ2v) is 7.70. The fourth-order valence-corrected chi connectivity index (χ4v) is 3.10. The van der Waals surface area contributed by atoms with Gasteiger partial charge in [0, 0.05) is 6.54 Å². The van der Waals surface area contributed by atoms with Crippen LogP contribution in [-0.4, -0.2) is 54.5 Å². The molecule has 0 aromatic heterocycles. The summed E-state index contributed by atoms with van der Waals surface area (Å²) in [6.07, 6.45) is 3.40. The molecule has 100 valence electrons. The number of likely N-dealkylation sites (tertiary alicyclic amines) is 1.